The molecule has 6 heteroatoms. The summed E-state index contributed by atoms with van der Waals surface area (Å²) >= 11 is 0. The summed E-state index contributed by atoms with van der Waals surface area (Å²) in [5.74, 6) is 1.59. The van der Waals surface area contributed by atoms with Gasteiger partial charge in [0, 0.05) is 31.0 Å². The maximum atomic E-state index is 13.1. The lowest BCUT2D eigenvalue weighted by molar-refractivity contribution is -0.133. The zero-order chi connectivity index (χ0) is 20.3. The van der Waals surface area contributed by atoms with E-state index in [0.717, 1.165) is 37.9 Å². The monoisotopic (exact) mass is 387 g/mol. The highest BCUT2D eigenvalue weighted by Crippen LogP contribution is 2.30. The topological polar surface area (TPSA) is 59.2 Å². The van der Waals surface area contributed by atoms with E-state index in [-0.39, 0.29) is 23.1 Å². The van der Waals surface area contributed by atoms with Gasteiger partial charge in [-0.15, -0.1) is 0 Å². The van der Waals surface area contributed by atoms with Crippen LogP contribution in [0.25, 0.3) is 11.4 Å². The number of benzene rings is 1. The fourth-order valence-corrected chi connectivity index (χ4v) is 4.04. The molecule has 1 atom stereocenters. The van der Waals surface area contributed by atoms with Crippen LogP contribution in [0.4, 0.5) is 4.39 Å². The maximum absolute atomic E-state index is 13.1. The Hall–Kier alpha value is -2.24. The summed E-state index contributed by atoms with van der Waals surface area (Å²) in [6, 6.07) is 6.06. The van der Waals surface area contributed by atoms with Crippen LogP contribution in [0.2, 0.25) is 0 Å². The Morgan fingerprint density at radius 3 is 2.50 bits per heavy atom. The number of hydrogen-bond acceptors (Lipinski definition) is 4. The Morgan fingerprint density at radius 1 is 1.25 bits per heavy atom. The van der Waals surface area contributed by atoms with E-state index in [9.17, 15) is 9.18 Å². The second kappa shape index (κ2) is 8.41. The van der Waals surface area contributed by atoms with Crippen LogP contribution in [-0.4, -0.2) is 34.0 Å². The van der Waals surface area contributed by atoms with E-state index in [1.54, 1.807) is 12.1 Å². The minimum atomic E-state index is -0.290. The van der Waals surface area contributed by atoms with E-state index >= 15 is 0 Å². The van der Waals surface area contributed by atoms with Crippen LogP contribution in [0.15, 0.2) is 28.8 Å². The van der Waals surface area contributed by atoms with Crippen molar-refractivity contribution in [3.63, 3.8) is 0 Å². The largest absolute Gasteiger partial charge is 0.343 e. The first-order valence-electron chi connectivity index (χ1n) is 10.1. The Bertz CT molecular complexity index is 787. The van der Waals surface area contributed by atoms with Gasteiger partial charge in [-0.1, -0.05) is 32.9 Å². The second-order valence-electron chi connectivity index (χ2n) is 9.19. The first kappa shape index (κ1) is 20.5. The number of halogens is 1. The lowest BCUT2D eigenvalue weighted by Gasteiger charge is -2.32. The minimum absolute atomic E-state index is 0.165. The van der Waals surface area contributed by atoms with Crippen LogP contribution in [0.5, 0.6) is 0 Å². The molecule has 1 aromatic carbocycles. The van der Waals surface area contributed by atoms with E-state index < -0.39 is 0 Å². The van der Waals surface area contributed by atoms with Crippen LogP contribution in [0.1, 0.15) is 65.2 Å². The first-order chi connectivity index (χ1) is 13.2. The zero-order valence-corrected chi connectivity index (χ0v) is 17.2. The third-order valence-electron chi connectivity index (χ3n) is 5.22. The fourth-order valence-electron chi connectivity index (χ4n) is 4.04. The molecule has 3 rings (SSSR count). The van der Waals surface area contributed by atoms with Crippen molar-refractivity contribution < 1.29 is 13.7 Å². The van der Waals surface area contributed by atoms with Crippen LogP contribution in [0, 0.1) is 17.2 Å². The Morgan fingerprint density at radius 2 is 1.89 bits per heavy atom. The van der Waals surface area contributed by atoms with Gasteiger partial charge in [0.05, 0.1) is 0 Å². The molecular formula is C22H30FN3O2. The normalized spacial score (nSPS) is 17.0. The summed E-state index contributed by atoms with van der Waals surface area (Å²) in [4.78, 5) is 19.1. The van der Waals surface area contributed by atoms with Crippen molar-refractivity contribution in [2.24, 2.45) is 11.3 Å². The Balaban J connectivity index is 1.53. The fraction of sp³-hybridized carbons (Fsp3) is 0.591. The molecule has 1 aromatic heterocycles. The SMILES string of the molecule is C[C@H](CC(=O)N1CCC(c2nc(-c3ccc(F)cc3)no2)CC1)CC(C)(C)C. The van der Waals surface area contributed by atoms with Gasteiger partial charge in [-0.3, -0.25) is 4.79 Å². The zero-order valence-electron chi connectivity index (χ0n) is 17.2. The molecule has 1 aliphatic rings. The molecule has 0 unspecified atom stereocenters. The standard InChI is InChI=1S/C22H30FN3O2/c1-15(14-22(2,3)4)13-19(27)26-11-9-17(10-12-26)21-24-20(25-28-21)16-5-7-18(23)8-6-16/h5-8,15,17H,9-14H2,1-4H3/t15-/m1/s1. The smallest absolute Gasteiger partial charge is 0.230 e. The number of amides is 1. The Labute approximate surface area is 166 Å². The summed E-state index contributed by atoms with van der Waals surface area (Å²) in [5.41, 5.74) is 0.976. The number of aromatic nitrogens is 2. The molecule has 2 heterocycles. The number of carbonyl (C=O) groups is 1. The quantitative estimate of drug-likeness (QED) is 0.721. The van der Waals surface area contributed by atoms with E-state index in [0.29, 0.717) is 24.1 Å². The van der Waals surface area contributed by atoms with Crippen LogP contribution >= 0.6 is 0 Å². The third-order valence-corrected chi connectivity index (χ3v) is 5.22. The molecule has 28 heavy (non-hydrogen) atoms. The van der Waals surface area contributed by atoms with Crippen LogP contribution < -0.4 is 0 Å². The minimum Gasteiger partial charge on any atom is -0.343 e. The van der Waals surface area contributed by atoms with Gasteiger partial charge in [0.2, 0.25) is 17.6 Å². The van der Waals surface area contributed by atoms with Crippen molar-refractivity contribution >= 4 is 5.91 Å². The molecule has 0 aliphatic carbocycles. The average molecular weight is 387 g/mol. The van der Waals surface area contributed by atoms with Gasteiger partial charge in [0.15, 0.2) is 0 Å². The summed E-state index contributed by atoms with van der Waals surface area (Å²) in [6.07, 6.45) is 3.30. The molecule has 5 nitrogen and oxygen atoms in total. The van der Waals surface area contributed by atoms with Crippen molar-refractivity contribution in [2.75, 3.05) is 13.1 Å². The summed E-state index contributed by atoms with van der Waals surface area (Å²) < 4.78 is 18.5. The van der Waals surface area contributed by atoms with Crippen LogP contribution in [0.3, 0.4) is 0 Å². The third kappa shape index (κ3) is 5.40. The van der Waals surface area contributed by atoms with Gasteiger partial charge in [-0.25, -0.2) is 4.39 Å². The molecule has 1 saturated heterocycles. The first-order valence-corrected chi connectivity index (χ1v) is 10.1. The molecule has 1 fully saturated rings. The highest BCUT2D eigenvalue weighted by atomic mass is 19.1. The van der Waals surface area contributed by atoms with E-state index in [2.05, 4.69) is 37.8 Å². The number of piperidine rings is 1. The van der Waals surface area contributed by atoms with E-state index in [4.69, 9.17) is 4.52 Å². The number of rotatable bonds is 5. The summed E-state index contributed by atoms with van der Waals surface area (Å²) in [7, 11) is 0. The second-order valence-corrected chi connectivity index (χ2v) is 9.19. The lowest BCUT2D eigenvalue weighted by Crippen LogP contribution is -2.38. The van der Waals surface area contributed by atoms with Crippen molar-refractivity contribution in [1.82, 2.24) is 15.0 Å². The molecule has 152 valence electrons. The molecule has 0 bridgehead atoms. The lowest BCUT2D eigenvalue weighted by atomic mass is 9.84. The van der Waals surface area contributed by atoms with Crippen molar-refractivity contribution in [1.29, 1.82) is 0 Å². The highest BCUT2D eigenvalue weighted by molar-refractivity contribution is 5.76. The average Bonchev–Trinajstić information content (AvgIpc) is 3.11. The number of hydrogen-bond donors (Lipinski definition) is 0. The summed E-state index contributed by atoms with van der Waals surface area (Å²) in [6.45, 7) is 10.2. The van der Waals surface area contributed by atoms with Gasteiger partial charge in [0.1, 0.15) is 5.82 Å². The predicted octanol–water partition coefficient (Wildman–Crippen LogP) is 5.04. The Kier molecular flexibility index (Phi) is 6.16. The van der Waals surface area contributed by atoms with Gasteiger partial charge in [-0.05, 0) is 54.9 Å². The predicted molar refractivity (Wildman–Crippen MR) is 106 cm³/mol. The summed E-state index contributed by atoms with van der Waals surface area (Å²) in [5, 5.41) is 4.03. The number of likely N-dealkylation sites (tertiary alicyclic amines) is 1. The molecule has 0 radical (unpaired) electrons. The van der Waals surface area contributed by atoms with E-state index in [1.165, 1.54) is 12.1 Å². The molecule has 1 amide bonds. The van der Waals surface area contributed by atoms with Crippen molar-refractivity contribution in [3.05, 3.63) is 36.0 Å². The number of nitrogens with zero attached hydrogens (tertiary/aromatic N) is 3. The van der Waals surface area contributed by atoms with Gasteiger partial charge < -0.3 is 9.42 Å². The molecule has 2 aromatic rings. The van der Waals surface area contributed by atoms with Gasteiger partial charge in [-0.2, -0.15) is 4.98 Å². The van der Waals surface area contributed by atoms with E-state index in [1.807, 2.05) is 4.90 Å². The molecule has 0 saturated carbocycles. The maximum Gasteiger partial charge on any atom is 0.230 e. The molecule has 1 aliphatic heterocycles. The van der Waals surface area contributed by atoms with Gasteiger partial charge in [0.25, 0.3) is 0 Å². The highest BCUT2D eigenvalue weighted by Gasteiger charge is 2.28. The molecule has 0 N–H and O–H groups in total. The number of carbonyl (C=O) groups excluding carboxylic acids is 1. The molecule has 0 spiro atoms. The van der Waals surface area contributed by atoms with Crippen LogP contribution in [-0.2, 0) is 4.79 Å². The molecular weight excluding hydrogens is 357 g/mol. The van der Waals surface area contributed by atoms with Gasteiger partial charge >= 0.3 is 0 Å². The van der Waals surface area contributed by atoms with Crippen molar-refractivity contribution in [3.8, 4) is 11.4 Å². The van der Waals surface area contributed by atoms with Crippen molar-refractivity contribution in [2.45, 2.75) is 59.3 Å².